The average Bonchev–Trinajstić information content (AvgIpc) is 3.45. The quantitative estimate of drug-likeness (QED) is 0.285. The largest absolute Gasteiger partial charge is 0.327 e. The Morgan fingerprint density at radius 1 is 0.815 bits per heavy atom. The maximum atomic E-state index is 4.51. The van der Waals surface area contributed by atoms with Gasteiger partial charge in [-0.3, -0.25) is 0 Å². The van der Waals surface area contributed by atoms with E-state index in [1.807, 2.05) is 31.3 Å². The summed E-state index contributed by atoms with van der Waals surface area (Å²) in [5, 5.41) is 11.5. The first-order valence-electron chi connectivity index (χ1n) is 8.35. The van der Waals surface area contributed by atoms with Crippen LogP contribution in [0.4, 0.5) is 10.9 Å². The second kappa shape index (κ2) is 6.84. The molecule has 0 saturated heterocycles. The molecule has 0 fully saturated rings. The van der Waals surface area contributed by atoms with Gasteiger partial charge in [0.25, 0.3) is 0 Å². The average molecular weight is 407 g/mol. The highest BCUT2D eigenvalue weighted by Crippen LogP contribution is 2.38. The van der Waals surface area contributed by atoms with Crippen LogP contribution in [-0.2, 0) is 7.05 Å². The fraction of sp³-hybridized carbons (Fsp3) is 0.0500. The summed E-state index contributed by atoms with van der Waals surface area (Å²) in [7, 11) is 2.02. The van der Waals surface area contributed by atoms with Crippen molar-refractivity contribution in [3.8, 4) is 20.3 Å². The summed E-state index contributed by atoms with van der Waals surface area (Å²) in [5.74, 6) is 0.815. The highest BCUT2D eigenvalue weighted by molar-refractivity contribution is 7.23. The molecule has 0 aliphatic rings. The molecular formula is C20H14N4S3. The number of thiophene rings is 2. The van der Waals surface area contributed by atoms with E-state index in [2.05, 4.69) is 61.6 Å². The van der Waals surface area contributed by atoms with Crippen LogP contribution in [0.3, 0.4) is 0 Å². The van der Waals surface area contributed by atoms with Crippen LogP contribution < -0.4 is 0 Å². The number of benzene rings is 1. The van der Waals surface area contributed by atoms with Crippen molar-refractivity contribution in [3.05, 3.63) is 66.0 Å². The van der Waals surface area contributed by atoms with Gasteiger partial charge in [0.2, 0.25) is 5.13 Å². The van der Waals surface area contributed by atoms with Crippen LogP contribution >= 0.6 is 34.0 Å². The van der Waals surface area contributed by atoms with Crippen molar-refractivity contribution in [3.63, 3.8) is 0 Å². The lowest BCUT2D eigenvalue weighted by Crippen LogP contribution is -1.88. The SMILES string of the molecule is Cn1c(/N=N/c2nc3ccccc3s2)ccc1-c1ccc(-c2cccs2)s1. The van der Waals surface area contributed by atoms with Crippen molar-refractivity contribution in [2.75, 3.05) is 0 Å². The molecule has 7 heteroatoms. The molecule has 0 bridgehead atoms. The second-order valence-corrected chi connectivity index (χ2v) is 8.98. The van der Waals surface area contributed by atoms with Crippen LogP contribution in [0.15, 0.2) is 76.3 Å². The minimum absolute atomic E-state index is 0.676. The summed E-state index contributed by atoms with van der Waals surface area (Å²) in [6.45, 7) is 0. The van der Waals surface area contributed by atoms with E-state index in [-0.39, 0.29) is 0 Å². The van der Waals surface area contributed by atoms with Gasteiger partial charge in [0.1, 0.15) is 0 Å². The smallest absolute Gasteiger partial charge is 0.231 e. The summed E-state index contributed by atoms with van der Waals surface area (Å²) in [6, 6.07) is 20.7. The maximum Gasteiger partial charge on any atom is 0.231 e. The summed E-state index contributed by atoms with van der Waals surface area (Å²) >= 11 is 5.11. The maximum absolute atomic E-state index is 4.51. The van der Waals surface area contributed by atoms with Crippen molar-refractivity contribution >= 4 is 55.2 Å². The minimum atomic E-state index is 0.676. The summed E-state index contributed by atoms with van der Waals surface area (Å²) in [4.78, 5) is 8.32. The summed E-state index contributed by atoms with van der Waals surface area (Å²) < 4.78 is 3.19. The predicted molar refractivity (Wildman–Crippen MR) is 116 cm³/mol. The number of hydrogen-bond donors (Lipinski definition) is 0. The van der Waals surface area contributed by atoms with E-state index in [1.165, 1.54) is 14.6 Å². The third-order valence-corrected chi connectivity index (χ3v) is 7.33. The second-order valence-electron chi connectivity index (χ2n) is 5.94. The number of aromatic nitrogens is 2. The molecule has 0 radical (unpaired) electrons. The van der Waals surface area contributed by atoms with Crippen LogP contribution in [0.5, 0.6) is 0 Å². The standard InChI is InChI=1S/C20H14N4S3/c1-24-14(16-9-10-18(26-16)17-7-4-12-25-17)8-11-19(24)22-23-20-21-13-5-2-3-6-15(13)27-20/h2-12H,1H3/b23-22+. The fourth-order valence-electron chi connectivity index (χ4n) is 2.87. The molecule has 0 N–H and O–H groups in total. The number of azo groups is 1. The number of thiazole rings is 1. The molecule has 5 aromatic rings. The number of nitrogens with zero attached hydrogens (tertiary/aromatic N) is 4. The first kappa shape index (κ1) is 16.6. The zero-order valence-corrected chi connectivity index (χ0v) is 16.8. The van der Waals surface area contributed by atoms with Gasteiger partial charge in [-0.1, -0.05) is 29.5 Å². The van der Waals surface area contributed by atoms with E-state index in [0.717, 1.165) is 21.7 Å². The molecule has 0 amide bonds. The van der Waals surface area contributed by atoms with Crippen LogP contribution in [0.2, 0.25) is 0 Å². The normalized spacial score (nSPS) is 11.7. The number of rotatable bonds is 4. The van der Waals surface area contributed by atoms with Crippen molar-refractivity contribution in [2.24, 2.45) is 17.3 Å². The number of para-hydroxylation sites is 1. The zero-order valence-electron chi connectivity index (χ0n) is 14.4. The van der Waals surface area contributed by atoms with E-state index >= 15 is 0 Å². The van der Waals surface area contributed by atoms with Gasteiger partial charge in [-0.25, -0.2) is 4.98 Å². The Morgan fingerprint density at radius 3 is 2.56 bits per heavy atom. The van der Waals surface area contributed by atoms with E-state index < -0.39 is 0 Å². The van der Waals surface area contributed by atoms with Crippen LogP contribution in [-0.4, -0.2) is 9.55 Å². The van der Waals surface area contributed by atoms with Crippen molar-refractivity contribution in [2.45, 2.75) is 0 Å². The number of hydrogen-bond acceptors (Lipinski definition) is 6. The molecule has 4 nitrogen and oxygen atoms in total. The van der Waals surface area contributed by atoms with Gasteiger partial charge in [-0.2, -0.15) is 0 Å². The monoisotopic (exact) mass is 406 g/mol. The Hall–Kier alpha value is -2.61. The van der Waals surface area contributed by atoms with Crippen LogP contribution in [0, 0.1) is 0 Å². The van der Waals surface area contributed by atoms with Gasteiger partial charge >= 0.3 is 0 Å². The predicted octanol–water partition coefficient (Wildman–Crippen LogP) is 7.51. The highest BCUT2D eigenvalue weighted by Gasteiger charge is 2.11. The fourth-order valence-corrected chi connectivity index (χ4v) is 5.56. The molecule has 0 aliphatic heterocycles. The molecule has 0 atom stereocenters. The van der Waals surface area contributed by atoms with Gasteiger partial charge in [0, 0.05) is 16.8 Å². The Labute approximate surface area is 168 Å². The third kappa shape index (κ3) is 3.14. The van der Waals surface area contributed by atoms with Crippen molar-refractivity contribution in [1.29, 1.82) is 0 Å². The Kier molecular flexibility index (Phi) is 4.20. The summed E-state index contributed by atoms with van der Waals surface area (Å²) in [6.07, 6.45) is 0. The minimum Gasteiger partial charge on any atom is -0.327 e. The first-order valence-corrected chi connectivity index (χ1v) is 10.9. The molecule has 1 aromatic carbocycles. The molecule has 0 saturated carbocycles. The van der Waals surface area contributed by atoms with Crippen LogP contribution in [0.25, 0.3) is 30.5 Å². The molecule has 0 unspecified atom stereocenters. The molecule has 27 heavy (non-hydrogen) atoms. The molecular weight excluding hydrogens is 392 g/mol. The lowest BCUT2D eigenvalue weighted by molar-refractivity contribution is 0.919. The molecule has 0 aliphatic carbocycles. The van der Waals surface area contributed by atoms with Crippen molar-refractivity contribution < 1.29 is 0 Å². The zero-order chi connectivity index (χ0) is 18.2. The lowest BCUT2D eigenvalue weighted by atomic mass is 10.3. The topological polar surface area (TPSA) is 42.5 Å². The van der Waals surface area contributed by atoms with Gasteiger partial charge in [0.05, 0.1) is 20.8 Å². The third-order valence-electron chi connectivity index (χ3n) is 4.24. The van der Waals surface area contributed by atoms with E-state index in [9.17, 15) is 0 Å². The number of fused-ring (bicyclic) bond motifs is 1. The molecule has 5 rings (SSSR count). The summed E-state index contributed by atoms with van der Waals surface area (Å²) in [5.41, 5.74) is 2.10. The molecule has 132 valence electrons. The Bertz CT molecular complexity index is 1210. The van der Waals surface area contributed by atoms with Gasteiger partial charge in [-0.05, 0) is 47.8 Å². The van der Waals surface area contributed by atoms with Crippen molar-refractivity contribution in [1.82, 2.24) is 9.55 Å². The highest BCUT2D eigenvalue weighted by atomic mass is 32.1. The van der Waals surface area contributed by atoms with E-state index in [1.54, 1.807) is 34.0 Å². The van der Waals surface area contributed by atoms with Gasteiger partial charge in [-0.15, -0.1) is 32.9 Å². The van der Waals surface area contributed by atoms with Crippen LogP contribution in [0.1, 0.15) is 0 Å². The van der Waals surface area contributed by atoms with Gasteiger partial charge < -0.3 is 4.57 Å². The van der Waals surface area contributed by atoms with E-state index in [0.29, 0.717) is 5.13 Å². The first-order chi connectivity index (χ1) is 13.3. The Balaban J connectivity index is 1.43. The molecule has 4 heterocycles. The Morgan fingerprint density at radius 2 is 1.70 bits per heavy atom. The van der Waals surface area contributed by atoms with E-state index in [4.69, 9.17) is 0 Å². The lowest BCUT2D eigenvalue weighted by Gasteiger charge is -2.01. The molecule has 0 spiro atoms. The molecule has 4 aromatic heterocycles. The van der Waals surface area contributed by atoms with Gasteiger partial charge in [0.15, 0.2) is 5.82 Å².